The zero-order chi connectivity index (χ0) is 25.0. The van der Waals surface area contributed by atoms with Crippen molar-refractivity contribution < 1.29 is 18.3 Å². The van der Waals surface area contributed by atoms with Crippen LogP contribution in [0.15, 0.2) is 48.5 Å². The molecule has 3 aromatic rings. The van der Waals surface area contributed by atoms with Gasteiger partial charge in [0.25, 0.3) is 0 Å². The van der Waals surface area contributed by atoms with E-state index in [4.69, 9.17) is 24.1 Å². The number of nitrogens with zero attached hydrogens (tertiary/aromatic N) is 2. The molecule has 0 aliphatic carbocycles. The van der Waals surface area contributed by atoms with Gasteiger partial charge in [-0.05, 0) is 0 Å². The van der Waals surface area contributed by atoms with E-state index in [9.17, 15) is 0 Å². The van der Waals surface area contributed by atoms with E-state index in [1.807, 2.05) is 24.3 Å². The number of anilines is 2. The maximum atomic E-state index is 6.63. The van der Waals surface area contributed by atoms with E-state index in [1.165, 1.54) is 44.8 Å². The molecule has 0 N–H and O–H groups in total. The quantitative estimate of drug-likeness (QED) is 0.236. The monoisotopic (exact) mass is 585 g/mol. The molecule has 0 aromatic heterocycles. The number of benzene rings is 3. The van der Waals surface area contributed by atoms with Gasteiger partial charge in [-0.25, -0.2) is 0 Å². The fourth-order valence-corrected chi connectivity index (χ4v) is 7.97. The molecular formula is C28H33Cl2N2ORu-. The number of halogens is 2. The Morgan fingerprint density at radius 1 is 0.765 bits per heavy atom. The summed E-state index contributed by atoms with van der Waals surface area (Å²) in [6.45, 7) is 14.8. The van der Waals surface area contributed by atoms with Crippen molar-refractivity contribution in [2.75, 3.05) is 30.0 Å². The molecule has 184 valence electrons. The van der Waals surface area contributed by atoms with Crippen LogP contribution in [0.1, 0.15) is 33.4 Å². The van der Waals surface area contributed by atoms with Gasteiger partial charge in [0.05, 0.1) is 7.11 Å². The number of aryl methyl sites for hydroxylation is 6. The van der Waals surface area contributed by atoms with Crippen LogP contribution in [0, 0.1) is 47.6 Å². The summed E-state index contributed by atoms with van der Waals surface area (Å²) in [6.07, 6.45) is 0. The molecule has 0 radical (unpaired) electrons. The van der Waals surface area contributed by atoms with Gasteiger partial charge in [-0.2, -0.15) is 18.2 Å². The first kappa shape index (κ1) is 26.7. The second-order valence-electron chi connectivity index (χ2n) is 8.67. The Labute approximate surface area is 217 Å². The molecule has 0 bridgehead atoms. The third-order valence-electron chi connectivity index (χ3n) is 5.81. The Balaban J connectivity index is 0.000000343. The van der Waals surface area contributed by atoms with Gasteiger partial charge in [0.15, 0.2) is 0 Å². The normalized spacial score (nSPS) is 13.6. The van der Waals surface area contributed by atoms with Gasteiger partial charge in [-0.15, -0.1) is 12.1 Å². The fourth-order valence-electron chi connectivity index (χ4n) is 4.77. The van der Waals surface area contributed by atoms with Gasteiger partial charge in [0, 0.05) is 5.75 Å². The van der Waals surface area contributed by atoms with E-state index in [-0.39, 0.29) is 0 Å². The molecule has 0 unspecified atom stereocenters. The van der Waals surface area contributed by atoms with E-state index in [1.54, 1.807) is 7.11 Å². The second-order valence-corrected chi connectivity index (χ2v) is 14.3. The van der Waals surface area contributed by atoms with Crippen molar-refractivity contribution in [3.05, 3.63) is 88.0 Å². The molecule has 1 fully saturated rings. The zero-order valence-electron chi connectivity index (χ0n) is 20.9. The number of hydrogen-bond acceptors (Lipinski definition) is 3. The average Bonchev–Trinajstić information content (AvgIpc) is 3.17. The molecule has 3 aromatic carbocycles. The number of ether oxygens (including phenoxy) is 1. The van der Waals surface area contributed by atoms with Crippen LogP contribution in [0.3, 0.4) is 0 Å². The summed E-state index contributed by atoms with van der Waals surface area (Å²) in [7, 11) is 14.9. The molecule has 1 aliphatic heterocycles. The molecule has 1 aliphatic rings. The molecule has 0 amide bonds. The van der Waals surface area contributed by atoms with Crippen molar-refractivity contribution in [3.63, 3.8) is 0 Å². The summed E-state index contributed by atoms with van der Waals surface area (Å²) in [6, 6.07) is 19.4. The molecular weight excluding hydrogens is 552 g/mol. The molecule has 1 heterocycles. The average molecular weight is 586 g/mol. The summed E-state index contributed by atoms with van der Waals surface area (Å²) < 4.78 is 5.96. The van der Waals surface area contributed by atoms with Crippen LogP contribution in [0.5, 0.6) is 5.75 Å². The van der Waals surface area contributed by atoms with E-state index in [0.29, 0.717) is 0 Å². The molecule has 4 rings (SSSR count). The van der Waals surface area contributed by atoms with Crippen LogP contribution < -0.4 is 14.5 Å². The molecule has 34 heavy (non-hydrogen) atoms. The summed E-state index contributed by atoms with van der Waals surface area (Å²) in [5.74, 6) is 0.785. The number of hydrogen-bond donors (Lipinski definition) is 0. The van der Waals surface area contributed by atoms with E-state index < -0.39 is 13.5 Å². The first-order valence-electron chi connectivity index (χ1n) is 11.2. The number of methoxy groups -OCH3 is 1. The van der Waals surface area contributed by atoms with Crippen LogP contribution in [0.25, 0.3) is 0 Å². The van der Waals surface area contributed by atoms with Crippen molar-refractivity contribution in [2.45, 2.75) is 41.5 Å². The number of para-hydroxylation sites is 1. The molecule has 0 atom stereocenters. The predicted octanol–water partition coefficient (Wildman–Crippen LogP) is 7.37. The van der Waals surface area contributed by atoms with Crippen molar-refractivity contribution in [1.82, 2.24) is 0 Å². The Kier molecular flexibility index (Phi) is 9.21. The van der Waals surface area contributed by atoms with Crippen LogP contribution >= 0.6 is 19.4 Å². The van der Waals surface area contributed by atoms with Gasteiger partial charge in [-0.3, -0.25) is 0 Å². The van der Waals surface area contributed by atoms with Crippen LogP contribution in [-0.4, -0.2) is 24.6 Å². The van der Waals surface area contributed by atoms with Crippen molar-refractivity contribution in [2.24, 2.45) is 0 Å². The number of rotatable bonds is 3. The topological polar surface area (TPSA) is 15.7 Å². The van der Waals surface area contributed by atoms with Crippen LogP contribution in [-0.2, 0) is 13.5 Å². The maximum absolute atomic E-state index is 6.63. The van der Waals surface area contributed by atoms with Gasteiger partial charge >= 0.3 is 171 Å². The first-order valence-corrected chi connectivity index (χ1v) is 16.6. The minimum absolute atomic E-state index is 0.785. The Morgan fingerprint density at radius 3 is 1.50 bits per heavy atom. The van der Waals surface area contributed by atoms with E-state index in [2.05, 4.69) is 81.7 Å². The van der Waals surface area contributed by atoms with Crippen LogP contribution in [0.2, 0.25) is 0 Å². The SMILES string of the molecule is COc1[c-]cccc1.Cc1cc(C)c(N2CCN(c3c(C)cc(C)cc3C)[C]2=[Ru]([Cl])[Cl])c(C)c1. The van der Waals surface area contributed by atoms with Crippen LogP contribution in [0.4, 0.5) is 11.4 Å². The Morgan fingerprint density at radius 2 is 1.21 bits per heavy atom. The van der Waals surface area contributed by atoms with Gasteiger partial charge < -0.3 is 4.74 Å². The van der Waals surface area contributed by atoms with Crippen molar-refractivity contribution in [3.8, 4) is 5.75 Å². The molecule has 0 saturated carbocycles. The predicted molar refractivity (Wildman–Crippen MR) is 145 cm³/mol. The third kappa shape index (κ3) is 6.03. The van der Waals surface area contributed by atoms with Crippen molar-refractivity contribution in [1.29, 1.82) is 0 Å². The summed E-state index contributed by atoms with van der Waals surface area (Å²) in [5.41, 5.74) is 10.2. The molecule has 0 spiro atoms. The minimum atomic E-state index is -2.12. The van der Waals surface area contributed by atoms with Crippen molar-refractivity contribution >= 4 is 35.1 Å². The van der Waals surface area contributed by atoms with Gasteiger partial charge in [-0.1, -0.05) is 0 Å². The summed E-state index contributed by atoms with van der Waals surface area (Å²) in [5, 5.41) is 0. The van der Waals surface area contributed by atoms with E-state index >= 15 is 0 Å². The molecule has 3 nitrogen and oxygen atoms in total. The first-order chi connectivity index (χ1) is 16.1. The zero-order valence-corrected chi connectivity index (χ0v) is 24.2. The third-order valence-corrected chi connectivity index (χ3v) is 8.75. The van der Waals surface area contributed by atoms with Gasteiger partial charge in [0.1, 0.15) is 0 Å². The van der Waals surface area contributed by atoms with E-state index in [0.717, 1.165) is 23.2 Å². The van der Waals surface area contributed by atoms with Gasteiger partial charge in [0.2, 0.25) is 0 Å². The second kappa shape index (κ2) is 11.7. The molecule has 6 heteroatoms. The summed E-state index contributed by atoms with van der Waals surface area (Å²) in [4.78, 5) is 4.73. The fraction of sp³-hybridized carbons (Fsp3) is 0.321. The Hall–Kier alpha value is -1.87. The Bertz CT molecular complexity index is 1080. The standard InChI is InChI=1S/C21H26N2.C7H7O.2ClH.Ru/c1-14-9-16(3)20(17(4)10-14)22-7-8-23(13-22)21-18(5)11-15(2)12-19(21)6;1-8-7-5-3-2-4-6-7;;;/h9-12H,7-8H2,1-6H3;2-5H,1H3;2*1H;/q;-1;;;+2/p-2. The molecule has 1 saturated heterocycles. The summed E-state index contributed by atoms with van der Waals surface area (Å²) >= 11 is -2.12.